The van der Waals surface area contributed by atoms with E-state index in [1.54, 1.807) is 25.2 Å². The van der Waals surface area contributed by atoms with Crippen molar-refractivity contribution in [3.63, 3.8) is 0 Å². The van der Waals surface area contributed by atoms with E-state index in [4.69, 9.17) is 0 Å². The fourth-order valence-electron chi connectivity index (χ4n) is 1.93. The Bertz CT molecular complexity index is 489. The molecule has 1 heterocycles. The van der Waals surface area contributed by atoms with Crippen LogP contribution in [0.2, 0.25) is 0 Å². The molecule has 1 aromatic heterocycles. The third kappa shape index (κ3) is 3.13. The summed E-state index contributed by atoms with van der Waals surface area (Å²) in [5.41, 5.74) is 1.10. The monoisotopic (exact) mass is 289 g/mol. The van der Waals surface area contributed by atoms with Crippen LogP contribution in [0.15, 0.2) is 11.4 Å². The zero-order valence-corrected chi connectivity index (χ0v) is 13.4. The summed E-state index contributed by atoms with van der Waals surface area (Å²) in [7, 11) is -3.13. The van der Waals surface area contributed by atoms with Crippen LogP contribution in [0.4, 0.5) is 0 Å². The van der Waals surface area contributed by atoms with Crippen molar-refractivity contribution in [3.05, 3.63) is 21.9 Å². The second-order valence-electron chi connectivity index (χ2n) is 5.19. The van der Waals surface area contributed by atoms with Gasteiger partial charge in [-0.05, 0) is 50.7 Å². The van der Waals surface area contributed by atoms with E-state index in [-0.39, 0.29) is 6.04 Å². The van der Waals surface area contributed by atoms with Gasteiger partial charge in [-0.2, -0.15) is 0 Å². The van der Waals surface area contributed by atoms with Crippen molar-refractivity contribution in [2.24, 2.45) is 0 Å². The Morgan fingerprint density at radius 1 is 1.44 bits per heavy atom. The number of thiophene rings is 1. The van der Waals surface area contributed by atoms with Crippen LogP contribution < -0.4 is 5.32 Å². The Labute approximate surface area is 115 Å². The van der Waals surface area contributed by atoms with Gasteiger partial charge in [-0.15, -0.1) is 11.3 Å². The highest BCUT2D eigenvalue weighted by Crippen LogP contribution is 2.35. The van der Waals surface area contributed by atoms with E-state index in [1.807, 2.05) is 18.4 Å². The van der Waals surface area contributed by atoms with Crippen LogP contribution >= 0.6 is 11.3 Å². The lowest BCUT2D eigenvalue weighted by atomic mass is 9.95. The fraction of sp³-hybridized carbons (Fsp3) is 0.692. The molecule has 1 aromatic rings. The van der Waals surface area contributed by atoms with E-state index in [0.29, 0.717) is 0 Å². The van der Waals surface area contributed by atoms with Crippen molar-refractivity contribution in [2.45, 2.75) is 44.9 Å². The molecule has 1 unspecified atom stereocenters. The predicted octanol–water partition coefficient (Wildman–Crippen LogP) is 2.92. The van der Waals surface area contributed by atoms with Gasteiger partial charge in [0.15, 0.2) is 9.84 Å². The molecule has 18 heavy (non-hydrogen) atoms. The minimum absolute atomic E-state index is 0.154. The average Bonchev–Trinajstić information content (AvgIpc) is 2.63. The molecule has 104 valence electrons. The average molecular weight is 289 g/mol. The van der Waals surface area contributed by atoms with Gasteiger partial charge in [0.05, 0.1) is 10.8 Å². The number of hydrogen-bond donors (Lipinski definition) is 1. The third-order valence-electron chi connectivity index (χ3n) is 3.46. The van der Waals surface area contributed by atoms with Crippen LogP contribution in [0, 0.1) is 6.92 Å². The van der Waals surface area contributed by atoms with Gasteiger partial charge in [0.25, 0.3) is 0 Å². The highest BCUT2D eigenvalue weighted by Gasteiger charge is 2.40. The van der Waals surface area contributed by atoms with Crippen molar-refractivity contribution < 1.29 is 8.42 Å². The first kappa shape index (κ1) is 15.7. The normalized spacial score (nSPS) is 14.7. The largest absolute Gasteiger partial charge is 0.309 e. The fourth-order valence-corrected chi connectivity index (χ4v) is 3.31. The Morgan fingerprint density at radius 2 is 2.06 bits per heavy atom. The minimum atomic E-state index is -3.13. The van der Waals surface area contributed by atoms with E-state index >= 15 is 0 Å². The van der Waals surface area contributed by atoms with E-state index in [1.165, 1.54) is 11.1 Å². The lowest BCUT2D eigenvalue weighted by Crippen LogP contribution is -2.45. The van der Waals surface area contributed by atoms with Crippen LogP contribution in [0.5, 0.6) is 0 Å². The number of aryl methyl sites for hydroxylation is 1. The van der Waals surface area contributed by atoms with Crippen molar-refractivity contribution in [3.8, 4) is 0 Å². The topological polar surface area (TPSA) is 46.2 Å². The van der Waals surface area contributed by atoms with Crippen molar-refractivity contribution in [2.75, 3.05) is 12.8 Å². The summed E-state index contributed by atoms with van der Waals surface area (Å²) >= 11 is 1.66. The molecular formula is C13H23NO2S2. The standard InChI is InChI=1S/C13H23NO2S2/c1-6-8-14-12(11-7-9-17-10(11)2)13(3,4)18(5,15)16/h7,9,12,14H,6,8H2,1-5H3. The molecule has 0 bridgehead atoms. The molecule has 0 aliphatic carbocycles. The molecule has 0 aliphatic rings. The smallest absolute Gasteiger partial charge is 0.154 e. The maximum Gasteiger partial charge on any atom is 0.154 e. The molecule has 0 aliphatic heterocycles. The summed E-state index contributed by atoms with van der Waals surface area (Å²) in [6, 6.07) is 1.87. The molecule has 0 fully saturated rings. The van der Waals surface area contributed by atoms with Gasteiger partial charge in [0.1, 0.15) is 0 Å². The second-order valence-corrected chi connectivity index (χ2v) is 8.91. The summed E-state index contributed by atoms with van der Waals surface area (Å²) in [6.45, 7) is 8.54. The molecule has 0 radical (unpaired) electrons. The summed E-state index contributed by atoms with van der Waals surface area (Å²) in [5, 5.41) is 5.40. The minimum Gasteiger partial charge on any atom is -0.309 e. The molecule has 0 amide bonds. The SMILES string of the molecule is CCCNC(c1ccsc1C)C(C)(C)S(C)(=O)=O. The number of hydrogen-bond acceptors (Lipinski definition) is 4. The Balaban J connectivity index is 3.18. The molecule has 5 heteroatoms. The highest BCUT2D eigenvalue weighted by atomic mass is 32.2. The maximum atomic E-state index is 12.0. The first-order valence-electron chi connectivity index (χ1n) is 6.18. The number of sulfone groups is 1. The van der Waals surface area contributed by atoms with Gasteiger partial charge < -0.3 is 5.32 Å². The molecule has 0 saturated heterocycles. The van der Waals surface area contributed by atoms with Crippen LogP contribution in [-0.4, -0.2) is 26.0 Å². The number of nitrogens with one attached hydrogen (secondary N) is 1. The lowest BCUT2D eigenvalue weighted by Gasteiger charge is -2.33. The van der Waals surface area contributed by atoms with Gasteiger partial charge in [-0.25, -0.2) is 8.42 Å². The molecule has 0 spiro atoms. The first-order chi connectivity index (χ1) is 8.21. The molecule has 1 atom stereocenters. The van der Waals surface area contributed by atoms with Crippen LogP contribution in [0.25, 0.3) is 0 Å². The van der Waals surface area contributed by atoms with Gasteiger partial charge in [-0.1, -0.05) is 6.92 Å². The van der Waals surface area contributed by atoms with Crippen LogP contribution in [0.1, 0.15) is 43.7 Å². The van der Waals surface area contributed by atoms with E-state index < -0.39 is 14.6 Å². The van der Waals surface area contributed by atoms with E-state index in [9.17, 15) is 8.42 Å². The van der Waals surface area contributed by atoms with Crippen molar-refractivity contribution >= 4 is 21.2 Å². The Hall–Kier alpha value is -0.390. The van der Waals surface area contributed by atoms with Crippen LogP contribution in [0.3, 0.4) is 0 Å². The van der Waals surface area contributed by atoms with Crippen molar-refractivity contribution in [1.29, 1.82) is 0 Å². The van der Waals surface area contributed by atoms with Gasteiger partial charge in [0, 0.05) is 11.1 Å². The van der Waals surface area contributed by atoms with E-state index in [0.717, 1.165) is 18.5 Å². The van der Waals surface area contributed by atoms with E-state index in [2.05, 4.69) is 12.2 Å². The maximum absolute atomic E-state index is 12.0. The summed E-state index contributed by atoms with van der Waals surface area (Å²) in [4.78, 5) is 1.18. The summed E-state index contributed by atoms with van der Waals surface area (Å²) in [5.74, 6) is 0. The van der Waals surface area contributed by atoms with Crippen LogP contribution in [-0.2, 0) is 9.84 Å². The molecule has 3 nitrogen and oxygen atoms in total. The second kappa shape index (κ2) is 5.72. The quantitative estimate of drug-likeness (QED) is 0.876. The predicted molar refractivity (Wildman–Crippen MR) is 79.0 cm³/mol. The zero-order valence-electron chi connectivity index (χ0n) is 11.8. The highest BCUT2D eigenvalue weighted by molar-refractivity contribution is 7.92. The molecule has 0 aromatic carbocycles. The van der Waals surface area contributed by atoms with Gasteiger partial charge in [0.2, 0.25) is 0 Å². The van der Waals surface area contributed by atoms with Gasteiger partial charge >= 0.3 is 0 Å². The molecule has 1 rings (SSSR count). The third-order valence-corrected chi connectivity index (χ3v) is 6.47. The first-order valence-corrected chi connectivity index (χ1v) is 8.96. The number of rotatable bonds is 6. The summed E-state index contributed by atoms with van der Waals surface area (Å²) in [6.07, 6.45) is 2.30. The Morgan fingerprint density at radius 3 is 2.44 bits per heavy atom. The Kier molecular flexibility index (Phi) is 4.98. The molecule has 1 N–H and O–H groups in total. The zero-order chi connectivity index (χ0) is 14.0. The molecular weight excluding hydrogens is 266 g/mol. The summed E-state index contributed by atoms with van der Waals surface area (Å²) < 4.78 is 23.2. The molecule has 0 saturated carbocycles. The lowest BCUT2D eigenvalue weighted by molar-refractivity contribution is 0.420. The van der Waals surface area contributed by atoms with Crippen molar-refractivity contribution in [1.82, 2.24) is 5.32 Å². The van der Waals surface area contributed by atoms with Gasteiger partial charge in [-0.3, -0.25) is 0 Å².